The van der Waals surface area contributed by atoms with Gasteiger partial charge in [0.1, 0.15) is 11.5 Å². The molecule has 4 rings (SSSR count). The molecule has 2 aromatic heterocycles. The molecule has 1 aliphatic heterocycles. The van der Waals surface area contributed by atoms with Crippen molar-refractivity contribution in [2.45, 2.75) is 0 Å². The zero-order valence-corrected chi connectivity index (χ0v) is 14.7. The van der Waals surface area contributed by atoms with Crippen LogP contribution in [0.4, 0.5) is 11.5 Å². The van der Waals surface area contributed by atoms with Crippen LogP contribution in [-0.4, -0.2) is 54.0 Å². The second-order valence-electron chi connectivity index (χ2n) is 6.54. The minimum atomic E-state index is -0.232. The summed E-state index contributed by atoms with van der Waals surface area (Å²) in [5, 5.41) is 3.89. The Morgan fingerprint density at radius 3 is 2.58 bits per heavy atom. The molecule has 132 valence electrons. The van der Waals surface area contributed by atoms with Crippen LogP contribution in [0.3, 0.4) is 0 Å². The maximum Gasteiger partial charge on any atom is 0.274 e. The molecule has 0 atom stereocenters. The number of benzene rings is 1. The van der Waals surface area contributed by atoms with E-state index in [1.807, 2.05) is 42.5 Å². The van der Waals surface area contributed by atoms with E-state index in [1.165, 1.54) is 0 Å². The van der Waals surface area contributed by atoms with Gasteiger partial charge in [0.05, 0.1) is 17.4 Å². The molecule has 6 nitrogen and oxygen atoms in total. The molecule has 0 aliphatic carbocycles. The highest BCUT2D eigenvalue weighted by Gasteiger charge is 2.15. The monoisotopic (exact) mass is 347 g/mol. The van der Waals surface area contributed by atoms with Gasteiger partial charge in [-0.3, -0.25) is 4.79 Å². The van der Waals surface area contributed by atoms with Crippen LogP contribution < -0.4 is 10.2 Å². The molecule has 1 aliphatic rings. The van der Waals surface area contributed by atoms with E-state index in [0.29, 0.717) is 11.4 Å². The van der Waals surface area contributed by atoms with Crippen molar-refractivity contribution in [3.63, 3.8) is 0 Å². The number of nitrogens with one attached hydrogen (secondary N) is 1. The van der Waals surface area contributed by atoms with Gasteiger partial charge in [0.25, 0.3) is 5.91 Å². The Morgan fingerprint density at radius 2 is 1.81 bits per heavy atom. The summed E-state index contributed by atoms with van der Waals surface area (Å²) in [7, 11) is 2.13. The lowest BCUT2D eigenvalue weighted by atomic mass is 10.2. The van der Waals surface area contributed by atoms with Crippen LogP contribution in [0.2, 0.25) is 0 Å². The molecule has 3 aromatic rings. The van der Waals surface area contributed by atoms with Crippen molar-refractivity contribution in [3.05, 3.63) is 60.4 Å². The summed E-state index contributed by atoms with van der Waals surface area (Å²) in [4.78, 5) is 26.0. The van der Waals surface area contributed by atoms with Crippen molar-refractivity contribution in [1.82, 2.24) is 14.9 Å². The first-order chi connectivity index (χ1) is 12.7. The van der Waals surface area contributed by atoms with Gasteiger partial charge in [-0.25, -0.2) is 9.97 Å². The summed E-state index contributed by atoms with van der Waals surface area (Å²) >= 11 is 0. The van der Waals surface area contributed by atoms with Gasteiger partial charge >= 0.3 is 0 Å². The number of rotatable bonds is 3. The molecular formula is C20H21N5O. The Hall–Kier alpha value is -2.99. The Labute approximate surface area is 152 Å². The summed E-state index contributed by atoms with van der Waals surface area (Å²) in [6, 6.07) is 15.2. The quantitative estimate of drug-likeness (QED) is 0.789. The fourth-order valence-corrected chi connectivity index (χ4v) is 3.07. The first-order valence-electron chi connectivity index (χ1n) is 8.76. The first kappa shape index (κ1) is 16.5. The number of pyridine rings is 2. The van der Waals surface area contributed by atoms with Crippen LogP contribution in [0.5, 0.6) is 0 Å². The van der Waals surface area contributed by atoms with Crippen molar-refractivity contribution in [3.8, 4) is 0 Å². The maximum absolute atomic E-state index is 12.5. The van der Waals surface area contributed by atoms with E-state index < -0.39 is 0 Å². The second-order valence-corrected chi connectivity index (χ2v) is 6.54. The van der Waals surface area contributed by atoms with Crippen molar-refractivity contribution >= 4 is 28.3 Å². The Kier molecular flexibility index (Phi) is 4.50. The van der Waals surface area contributed by atoms with Crippen molar-refractivity contribution < 1.29 is 4.79 Å². The number of para-hydroxylation sites is 1. The summed E-state index contributed by atoms with van der Waals surface area (Å²) in [6.45, 7) is 4.01. The van der Waals surface area contributed by atoms with Crippen LogP contribution >= 0.6 is 0 Å². The van der Waals surface area contributed by atoms with E-state index in [4.69, 9.17) is 0 Å². The Morgan fingerprint density at radius 1 is 1.00 bits per heavy atom. The molecule has 1 aromatic carbocycles. The fourth-order valence-electron chi connectivity index (χ4n) is 3.07. The fraction of sp³-hybridized carbons (Fsp3) is 0.250. The van der Waals surface area contributed by atoms with Crippen LogP contribution in [0, 0.1) is 0 Å². The van der Waals surface area contributed by atoms with E-state index in [-0.39, 0.29) is 5.91 Å². The molecule has 26 heavy (non-hydrogen) atoms. The number of amides is 1. The number of fused-ring (bicyclic) bond motifs is 1. The smallest absolute Gasteiger partial charge is 0.274 e. The number of hydrogen-bond donors (Lipinski definition) is 1. The van der Waals surface area contributed by atoms with E-state index in [0.717, 1.165) is 42.9 Å². The molecule has 3 heterocycles. The second kappa shape index (κ2) is 7.09. The van der Waals surface area contributed by atoms with E-state index in [1.54, 1.807) is 12.3 Å². The number of piperazine rings is 1. The van der Waals surface area contributed by atoms with Gasteiger partial charge in [0.15, 0.2) is 0 Å². The predicted molar refractivity (Wildman–Crippen MR) is 104 cm³/mol. The lowest BCUT2D eigenvalue weighted by Gasteiger charge is -2.33. The standard InChI is InChI=1S/C20H21N5O/c1-24-10-12-25(13-11-24)19-9-7-16(14-21-19)22-20(26)18-8-6-15-4-2-3-5-17(15)23-18/h2-9,14H,10-13H2,1H3,(H,22,26). The summed E-state index contributed by atoms with van der Waals surface area (Å²) in [5.41, 5.74) is 1.87. The molecule has 0 unspecified atom stereocenters. The maximum atomic E-state index is 12.5. The third-order valence-corrected chi connectivity index (χ3v) is 4.66. The number of nitrogens with zero attached hydrogens (tertiary/aromatic N) is 4. The Balaban J connectivity index is 1.45. The van der Waals surface area contributed by atoms with E-state index in [2.05, 4.69) is 32.1 Å². The first-order valence-corrected chi connectivity index (χ1v) is 8.76. The molecule has 1 saturated heterocycles. The Bertz CT molecular complexity index is 917. The molecule has 1 N–H and O–H groups in total. The number of carbonyl (C=O) groups is 1. The minimum Gasteiger partial charge on any atom is -0.354 e. The lowest BCUT2D eigenvalue weighted by Crippen LogP contribution is -2.44. The van der Waals surface area contributed by atoms with Crippen LogP contribution in [-0.2, 0) is 0 Å². The minimum absolute atomic E-state index is 0.232. The van der Waals surface area contributed by atoms with Crippen molar-refractivity contribution in [2.24, 2.45) is 0 Å². The zero-order valence-electron chi connectivity index (χ0n) is 14.7. The molecule has 0 radical (unpaired) electrons. The van der Waals surface area contributed by atoms with Gasteiger partial charge in [0, 0.05) is 31.6 Å². The number of anilines is 2. The lowest BCUT2D eigenvalue weighted by molar-refractivity contribution is 0.102. The largest absolute Gasteiger partial charge is 0.354 e. The van der Waals surface area contributed by atoms with Gasteiger partial charge in [-0.15, -0.1) is 0 Å². The van der Waals surface area contributed by atoms with Crippen LogP contribution in [0.15, 0.2) is 54.7 Å². The van der Waals surface area contributed by atoms with Crippen molar-refractivity contribution in [1.29, 1.82) is 0 Å². The van der Waals surface area contributed by atoms with E-state index >= 15 is 0 Å². The van der Waals surface area contributed by atoms with E-state index in [9.17, 15) is 4.79 Å². The third kappa shape index (κ3) is 3.50. The predicted octanol–water partition coefficient (Wildman–Crippen LogP) is 2.63. The highest BCUT2D eigenvalue weighted by molar-refractivity contribution is 6.04. The van der Waals surface area contributed by atoms with Gasteiger partial charge in [-0.2, -0.15) is 0 Å². The summed E-state index contributed by atoms with van der Waals surface area (Å²) in [5.74, 6) is 0.713. The SMILES string of the molecule is CN1CCN(c2ccc(NC(=O)c3ccc4ccccc4n3)cn2)CC1. The van der Waals surface area contributed by atoms with Gasteiger partial charge in [-0.05, 0) is 31.3 Å². The summed E-state index contributed by atoms with van der Waals surface area (Å²) < 4.78 is 0. The average Bonchev–Trinajstić information content (AvgIpc) is 2.69. The number of carbonyl (C=O) groups excluding carboxylic acids is 1. The molecule has 0 saturated carbocycles. The average molecular weight is 347 g/mol. The molecular weight excluding hydrogens is 326 g/mol. The number of likely N-dealkylation sites (N-methyl/N-ethyl adjacent to an activating group) is 1. The third-order valence-electron chi connectivity index (χ3n) is 4.66. The molecule has 0 spiro atoms. The molecule has 1 amide bonds. The van der Waals surface area contributed by atoms with Crippen LogP contribution in [0.1, 0.15) is 10.5 Å². The highest BCUT2D eigenvalue weighted by atomic mass is 16.1. The number of aromatic nitrogens is 2. The molecule has 0 bridgehead atoms. The highest BCUT2D eigenvalue weighted by Crippen LogP contribution is 2.17. The van der Waals surface area contributed by atoms with Gasteiger partial charge in [-0.1, -0.05) is 24.3 Å². The summed E-state index contributed by atoms with van der Waals surface area (Å²) in [6.07, 6.45) is 1.70. The van der Waals surface area contributed by atoms with Gasteiger partial charge in [0.2, 0.25) is 0 Å². The normalized spacial score (nSPS) is 15.2. The topological polar surface area (TPSA) is 61.4 Å². The van der Waals surface area contributed by atoms with Crippen molar-refractivity contribution in [2.75, 3.05) is 43.4 Å². The molecule has 6 heteroatoms. The van der Waals surface area contributed by atoms with Crippen LogP contribution in [0.25, 0.3) is 10.9 Å². The molecule has 1 fully saturated rings. The van der Waals surface area contributed by atoms with Gasteiger partial charge < -0.3 is 15.1 Å². The number of hydrogen-bond acceptors (Lipinski definition) is 5. The zero-order chi connectivity index (χ0) is 17.9.